The fraction of sp³-hybridized carbons (Fsp3) is 0.968. The summed E-state index contributed by atoms with van der Waals surface area (Å²) in [6.07, 6.45) is 24.9. The summed E-state index contributed by atoms with van der Waals surface area (Å²) in [6, 6.07) is 0.355. The highest BCUT2D eigenvalue weighted by atomic mass is 16.5. The minimum atomic E-state index is -0.654. The summed E-state index contributed by atoms with van der Waals surface area (Å²) in [7, 11) is 4.24. The standard InChI is InChI=1S/C31H61NO4/c1-4-5-6-7-13-18-23-35-26-30(32(2)3)27-36-24-19-14-9-8-10-15-20-28-25-29(28)21-16-11-12-17-22-31(33)34/h28-30H,4-27H2,1-3H3,(H,33,34). The third kappa shape index (κ3) is 20.4. The van der Waals surface area contributed by atoms with E-state index >= 15 is 0 Å². The smallest absolute Gasteiger partial charge is 0.303 e. The number of carboxylic acids is 1. The summed E-state index contributed by atoms with van der Waals surface area (Å²) in [5.41, 5.74) is 0. The highest BCUT2D eigenvalue weighted by Gasteiger charge is 2.34. The lowest BCUT2D eigenvalue weighted by molar-refractivity contribution is -0.137. The van der Waals surface area contributed by atoms with Crippen molar-refractivity contribution in [3.63, 3.8) is 0 Å². The van der Waals surface area contributed by atoms with Crippen molar-refractivity contribution in [1.82, 2.24) is 4.90 Å². The lowest BCUT2D eigenvalue weighted by atomic mass is 10.0. The first-order chi connectivity index (χ1) is 17.5. The number of nitrogens with zero attached hydrogens (tertiary/aromatic N) is 1. The summed E-state index contributed by atoms with van der Waals surface area (Å²) in [5.74, 6) is 1.32. The van der Waals surface area contributed by atoms with Crippen molar-refractivity contribution in [1.29, 1.82) is 0 Å². The maximum atomic E-state index is 10.5. The number of carbonyl (C=O) groups is 1. The van der Waals surface area contributed by atoms with Gasteiger partial charge in [0, 0.05) is 19.6 Å². The maximum Gasteiger partial charge on any atom is 0.303 e. The summed E-state index contributed by atoms with van der Waals surface area (Å²) < 4.78 is 11.9. The Bertz CT molecular complexity index is 499. The van der Waals surface area contributed by atoms with Crippen LogP contribution in [-0.2, 0) is 14.3 Å². The van der Waals surface area contributed by atoms with E-state index < -0.39 is 5.97 Å². The molecular weight excluding hydrogens is 450 g/mol. The molecule has 36 heavy (non-hydrogen) atoms. The van der Waals surface area contributed by atoms with E-state index in [1.165, 1.54) is 109 Å². The molecule has 1 aliphatic rings. The predicted octanol–water partition coefficient (Wildman–Crippen LogP) is 8.10. The summed E-state index contributed by atoms with van der Waals surface area (Å²) in [4.78, 5) is 12.8. The Balaban J connectivity index is 1.83. The van der Waals surface area contributed by atoms with Crippen molar-refractivity contribution < 1.29 is 19.4 Å². The number of ether oxygens (including phenoxy) is 2. The van der Waals surface area contributed by atoms with Crippen LogP contribution in [-0.4, -0.2) is 62.5 Å². The van der Waals surface area contributed by atoms with Gasteiger partial charge in [0.2, 0.25) is 0 Å². The molecule has 0 aromatic rings. The van der Waals surface area contributed by atoms with Gasteiger partial charge >= 0.3 is 5.97 Å². The molecule has 5 nitrogen and oxygen atoms in total. The van der Waals surface area contributed by atoms with E-state index in [4.69, 9.17) is 14.6 Å². The predicted molar refractivity (Wildman–Crippen MR) is 152 cm³/mol. The van der Waals surface area contributed by atoms with Gasteiger partial charge in [-0.3, -0.25) is 4.79 Å². The van der Waals surface area contributed by atoms with Crippen LogP contribution >= 0.6 is 0 Å². The Morgan fingerprint density at radius 3 is 1.64 bits per heavy atom. The van der Waals surface area contributed by atoms with Gasteiger partial charge in [-0.25, -0.2) is 0 Å². The number of hydrogen-bond acceptors (Lipinski definition) is 4. The Morgan fingerprint density at radius 2 is 1.17 bits per heavy atom. The van der Waals surface area contributed by atoms with E-state index in [9.17, 15) is 4.79 Å². The summed E-state index contributed by atoms with van der Waals surface area (Å²) in [5, 5.41) is 8.67. The number of unbranched alkanes of at least 4 members (excludes halogenated alkanes) is 13. The zero-order valence-electron chi connectivity index (χ0n) is 24.3. The largest absolute Gasteiger partial charge is 0.481 e. The second kappa shape index (κ2) is 23.5. The second-order valence-electron chi connectivity index (χ2n) is 11.5. The molecule has 0 saturated heterocycles. The van der Waals surface area contributed by atoms with Gasteiger partial charge in [-0.2, -0.15) is 0 Å². The average molecular weight is 512 g/mol. The first-order valence-electron chi connectivity index (χ1n) is 15.6. The van der Waals surface area contributed by atoms with Crippen LogP contribution < -0.4 is 0 Å². The Hall–Kier alpha value is -0.650. The second-order valence-corrected chi connectivity index (χ2v) is 11.5. The molecule has 0 radical (unpaired) electrons. The summed E-state index contributed by atoms with van der Waals surface area (Å²) in [6.45, 7) is 5.57. The van der Waals surface area contributed by atoms with Crippen LogP contribution in [0.15, 0.2) is 0 Å². The molecule has 5 heteroatoms. The molecule has 0 heterocycles. The van der Waals surface area contributed by atoms with Crippen LogP contribution in [0, 0.1) is 11.8 Å². The van der Waals surface area contributed by atoms with Gasteiger partial charge in [-0.15, -0.1) is 0 Å². The van der Waals surface area contributed by atoms with Crippen molar-refractivity contribution in [2.45, 2.75) is 141 Å². The molecule has 1 N–H and O–H groups in total. The van der Waals surface area contributed by atoms with Gasteiger partial charge in [0.1, 0.15) is 0 Å². The molecule has 0 aromatic heterocycles. The van der Waals surface area contributed by atoms with Gasteiger partial charge in [0.25, 0.3) is 0 Å². The summed E-state index contributed by atoms with van der Waals surface area (Å²) >= 11 is 0. The van der Waals surface area contributed by atoms with Crippen LogP contribution in [0.25, 0.3) is 0 Å². The van der Waals surface area contributed by atoms with E-state index in [0.29, 0.717) is 12.5 Å². The molecule has 1 fully saturated rings. The molecule has 1 aliphatic carbocycles. The van der Waals surface area contributed by atoms with Crippen LogP contribution in [0.3, 0.4) is 0 Å². The van der Waals surface area contributed by atoms with Crippen molar-refractivity contribution in [2.75, 3.05) is 40.5 Å². The number of carboxylic acid groups (broad SMARTS) is 1. The molecule has 0 aliphatic heterocycles. The first-order valence-corrected chi connectivity index (χ1v) is 15.6. The zero-order chi connectivity index (χ0) is 26.3. The van der Waals surface area contributed by atoms with Crippen LogP contribution in [0.4, 0.5) is 0 Å². The minimum Gasteiger partial charge on any atom is -0.481 e. The molecule has 1 rings (SSSR count). The molecule has 0 bridgehead atoms. The Labute approximate surface area is 224 Å². The quantitative estimate of drug-likeness (QED) is 0.108. The highest BCUT2D eigenvalue weighted by molar-refractivity contribution is 5.66. The molecule has 1 saturated carbocycles. The van der Waals surface area contributed by atoms with Crippen molar-refractivity contribution in [2.24, 2.45) is 11.8 Å². The number of rotatable bonds is 28. The number of aliphatic carboxylic acids is 1. The van der Waals surface area contributed by atoms with E-state index in [2.05, 4.69) is 25.9 Å². The molecule has 0 amide bonds. The minimum absolute atomic E-state index is 0.338. The third-order valence-corrected chi connectivity index (χ3v) is 7.89. The molecular formula is C31H61NO4. The van der Waals surface area contributed by atoms with E-state index in [1.54, 1.807) is 0 Å². The van der Waals surface area contributed by atoms with Gasteiger partial charge < -0.3 is 19.5 Å². The van der Waals surface area contributed by atoms with Gasteiger partial charge in [0.15, 0.2) is 0 Å². The first kappa shape index (κ1) is 33.4. The van der Waals surface area contributed by atoms with E-state index in [-0.39, 0.29) is 0 Å². The Kier molecular flexibility index (Phi) is 21.8. The van der Waals surface area contributed by atoms with Crippen molar-refractivity contribution in [3.8, 4) is 0 Å². The van der Waals surface area contributed by atoms with Crippen LogP contribution in [0.1, 0.15) is 135 Å². The molecule has 0 spiro atoms. The maximum absolute atomic E-state index is 10.5. The fourth-order valence-corrected chi connectivity index (χ4v) is 5.14. The van der Waals surface area contributed by atoms with E-state index in [0.717, 1.165) is 51.1 Å². The average Bonchev–Trinajstić information content (AvgIpc) is 3.60. The van der Waals surface area contributed by atoms with Gasteiger partial charge in [-0.1, -0.05) is 103 Å². The lowest BCUT2D eigenvalue weighted by Gasteiger charge is -2.24. The fourth-order valence-electron chi connectivity index (χ4n) is 5.14. The molecule has 3 unspecified atom stereocenters. The topological polar surface area (TPSA) is 59.0 Å². The monoisotopic (exact) mass is 511 g/mol. The van der Waals surface area contributed by atoms with E-state index in [1.807, 2.05) is 0 Å². The zero-order valence-corrected chi connectivity index (χ0v) is 24.3. The van der Waals surface area contributed by atoms with Crippen LogP contribution in [0.2, 0.25) is 0 Å². The van der Waals surface area contributed by atoms with Gasteiger partial charge in [0.05, 0.1) is 19.3 Å². The molecule has 214 valence electrons. The lowest BCUT2D eigenvalue weighted by Crippen LogP contribution is -2.37. The Morgan fingerprint density at radius 1 is 0.722 bits per heavy atom. The molecule has 3 atom stereocenters. The van der Waals surface area contributed by atoms with Crippen LogP contribution in [0.5, 0.6) is 0 Å². The number of hydrogen-bond donors (Lipinski definition) is 1. The van der Waals surface area contributed by atoms with Gasteiger partial charge in [-0.05, 0) is 51.6 Å². The molecule has 0 aromatic carbocycles. The SMILES string of the molecule is CCCCCCCCOCC(COCCCCCCCCC1CC1CCCCCCC(=O)O)N(C)C. The van der Waals surface area contributed by atoms with Crippen molar-refractivity contribution >= 4 is 5.97 Å². The normalized spacial score (nSPS) is 18.1. The number of likely N-dealkylation sites (N-methyl/N-ethyl adjacent to an activating group) is 1. The van der Waals surface area contributed by atoms with Crippen molar-refractivity contribution in [3.05, 3.63) is 0 Å². The highest BCUT2D eigenvalue weighted by Crippen LogP contribution is 2.45. The third-order valence-electron chi connectivity index (χ3n) is 7.89.